The molecule has 1 fully saturated rings. The van der Waals surface area contributed by atoms with Crippen LogP contribution in [0.2, 0.25) is 5.04 Å². The number of anilines is 1. The second kappa shape index (κ2) is 8.94. The number of rotatable bonds is 6. The van der Waals surface area contributed by atoms with Crippen molar-refractivity contribution in [2.24, 2.45) is 0 Å². The fraction of sp³-hybridized carbons (Fsp3) is 0.346. The van der Waals surface area contributed by atoms with Gasteiger partial charge in [0.25, 0.3) is 8.32 Å². The molecule has 8 heteroatoms. The van der Waals surface area contributed by atoms with Crippen LogP contribution in [0.4, 0.5) is 5.82 Å². The van der Waals surface area contributed by atoms with Gasteiger partial charge in [0, 0.05) is 0 Å². The Morgan fingerprint density at radius 3 is 2.24 bits per heavy atom. The zero-order valence-electron chi connectivity index (χ0n) is 19.9. The highest BCUT2D eigenvalue weighted by Crippen LogP contribution is 2.38. The van der Waals surface area contributed by atoms with Gasteiger partial charge in [0.05, 0.1) is 19.0 Å². The van der Waals surface area contributed by atoms with Crippen molar-refractivity contribution in [3.63, 3.8) is 0 Å². The van der Waals surface area contributed by atoms with Gasteiger partial charge in [0.2, 0.25) is 0 Å². The van der Waals surface area contributed by atoms with E-state index in [1.54, 1.807) is 6.33 Å². The number of nitrogen functional groups attached to an aromatic ring is 1. The number of hydrogen-bond acceptors (Lipinski definition) is 6. The molecular weight excluding hydrogens is 442 g/mol. The third-order valence-electron chi connectivity index (χ3n) is 6.69. The van der Waals surface area contributed by atoms with Crippen molar-refractivity contribution in [2.45, 2.75) is 51.0 Å². The predicted octanol–water partition coefficient (Wildman–Crippen LogP) is 3.66. The minimum atomic E-state index is -2.59. The second-order valence-corrected chi connectivity index (χ2v) is 14.2. The van der Waals surface area contributed by atoms with E-state index in [9.17, 15) is 0 Å². The maximum atomic E-state index is 7.07. The van der Waals surface area contributed by atoms with Gasteiger partial charge in [-0.25, -0.2) is 15.0 Å². The summed E-state index contributed by atoms with van der Waals surface area (Å²) in [6, 6.07) is 21.4. The summed E-state index contributed by atoms with van der Waals surface area (Å²) in [6.45, 7) is 7.41. The molecule has 34 heavy (non-hydrogen) atoms. The van der Waals surface area contributed by atoms with Crippen LogP contribution in [0.25, 0.3) is 11.2 Å². The molecule has 0 bridgehead atoms. The lowest BCUT2D eigenvalue weighted by Crippen LogP contribution is -2.67. The van der Waals surface area contributed by atoms with Crippen molar-refractivity contribution in [3.05, 3.63) is 73.3 Å². The van der Waals surface area contributed by atoms with Crippen LogP contribution in [-0.2, 0) is 9.16 Å². The van der Waals surface area contributed by atoms with E-state index in [1.807, 2.05) is 4.57 Å². The monoisotopic (exact) mass is 473 g/mol. The summed E-state index contributed by atoms with van der Waals surface area (Å²) in [6.07, 6.45) is 4.82. The lowest BCUT2D eigenvalue weighted by molar-refractivity contribution is -0.0175. The van der Waals surface area contributed by atoms with Crippen molar-refractivity contribution in [3.8, 4) is 0 Å². The molecule has 2 atom stereocenters. The average Bonchev–Trinajstić information content (AvgIpc) is 3.48. The highest BCUT2D eigenvalue weighted by atomic mass is 28.4. The number of imidazole rings is 1. The summed E-state index contributed by atoms with van der Waals surface area (Å²) in [7, 11) is -2.59. The summed E-state index contributed by atoms with van der Waals surface area (Å²) < 4.78 is 15.5. The first-order chi connectivity index (χ1) is 16.4. The molecule has 3 heterocycles. The molecule has 1 saturated heterocycles. The molecule has 2 N–H and O–H groups in total. The first-order valence-electron chi connectivity index (χ1n) is 11.7. The highest BCUT2D eigenvalue weighted by Gasteiger charge is 2.50. The second-order valence-electron chi connectivity index (χ2n) is 9.85. The minimum absolute atomic E-state index is 0.0108. The molecule has 7 nitrogen and oxygen atoms in total. The molecule has 0 aliphatic carbocycles. The molecule has 2 aromatic heterocycles. The Labute approximate surface area is 201 Å². The van der Waals surface area contributed by atoms with E-state index in [0.717, 1.165) is 12.8 Å². The number of hydrogen-bond donors (Lipinski definition) is 1. The molecule has 1 aliphatic heterocycles. The third-order valence-corrected chi connectivity index (χ3v) is 11.7. The lowest BCUT2D eigenvalue weighted by atomic mass is 10.2. The van der Waals surface area contributed by atoms with E-state index in [-0.39, 0.29) is 17.4 Å². The first-order valence-corrected chi connectivity index (χ1v) is 13.6. The van der Waals surface area contributed by atoms with E-state index in [0.29, 0.717) is 23.6 Å². The zero-order chi connectivity index (χ0) is 23.8. The van der Waals surface area contributed by atoms with Crippen LogP contribution in [0, 0.1) is 0 Å². The molecule has 0 radical (unpaired) electrons. The Morgan fingerprint density at radius 1 is 0.971 bits per heavy atom. The number of ether oxygens (including phenoxy) is 1. The summed E-state index contributed by atoms with van der Waals surface area (Å²) in [5.41, 5.74) is 7.27. The molecule has 0 unspecified atom stereocenters. The topological polar surface area (TPSA) is 88.1 Å². The predicted molar refractivity (Wildman–Crippen MR) is 136 cm³/mol. The molecule has 0 amide bonds. The van der Waals surface area contributed by atoms with Crippen molar-refractivity contribution < 1.29 is 9.16 Å². The summed E-state index contributed by atoms with van der Waals surface area (Å²) in [5.74, 6) is 0.383. The zero-order valence-corrected chi connectivity index (χ0v) is 20.9. The van der Waals surface area contributed by atoms with Crippen LogP contribution in [0.1, 0.15) is 39.8 Å². The fourth-order valence-corrected chi connectivity index (χ4v) is 9.67. The van der Waals surface area contributed by atoms with Gasteiger partial charge in [0.15, 0.2) is 11.5 Å². The van der Waals surface area contributed by atoms with Crippen molar-refractivity contribution in [1.82, 2.24) is 19.5 Å². The summed E-state index contributed by atoms with van der Waals surface area (Å²) in [5, 5.41) is 2.48. The van der Waals surface area contributed by atoms with Crippen LogP contribution >= 0.6 is 0 Å². The molecule has 1 aliphatic rings. The van der Waals surface area contributed by atoms with Gasteiger partial charge < -0.3 is 14.9 Å². The maximum absolute atomic E-state index is 7.07. The Kier molecular flexibility index (Phi) is 5.97. The Hall–Kier alpha value is -3.07. The quantitative estimate of drug-likeness (QED) is 0.430. The largest absolute Gasteiger partial charge is 0.405 e. The molecular formula is C26H31N5O2Si. The van der Waals surface area contributed by atoms with Gasteiger partial charge in [0.1, 0.15) is 18.1 Å². The molecule has 0 spiro atoms. The van der Waals surface area contributed by atoms with E-state index in [2.05, 4.69) is 96.4 Å². The smallest absolute Gasteiger partial charge is 0.261 e. The minimum Gasteiger partial charge on any atom is -0.405 e. The Bertz CT molecular complexity index is 1220. The SMILES string of the molecule is CC(C)(C)[Si](OC[C@H]1CC[C@H](n2cnc3c(N)ncnc32)O1)(c1ccccc1)c1ccccc1. The van der Waals surface area contributed by atoms with E-state index in [4.69, 9.17) is 14.9 Å². The fourth-order valence-electron chi connectivity index (χ4n) is 5.07. The maximum Gasteiger partial charge on any atom is 0.261 e. The first kappa shape index (κ1) is 22.7. The van der Waals surface area contributed by atoms with Gasteiger partial charge in [-0.2, -0.15) is 0 Å². The van der Waals surface area contributed by atoms with Crippen LogP contribution < -0.4 is 16.1 Å². The van der Waals surface area contributed by atoms with Crippen molar-refractivity contribution >= 4 is 35.7 Å². The van der Waals surface area contributed by atoms with Crippen molar-refractivity contribution in [1.29, 1.82) is 0 Å². The van der Waals surface area contributed by atoms with Crippen LogP contribution in [0.15, 0.2) is 73.3 Å². The Balaban J connectivity index is 1.42. The number of nitrogens with two attached hydrogens (primary N) is 1. The van der Waals surface area contributed by atoms with Gasteiger partial charge >= 0.3 is 0 Å². The van der Waals surface area contributed by atoms with E-state index < -0.39 is 8.32 Å². The lowest BCUT2D eigenvalue weighted by Gasteiger charge is -2.43. The van der Waals surface area contributed by atoms with Gasteiger partial charge in [-0.05, 0) is 28.3 Å². The highest BCUT2D eigenvalue weighted by molar-refractivity contribution is 6.99. The number of nitrogens with zero attached hydrogens (tertiary/aromatic N) is 4. The number of benzene rings is 2. The van der Waals surface area contributed by atoms with E-state index >= 15 is 0 Å². The number of fused-ring (bicyclic) bond motifs is 1. The molecule has 5 rings (SSSR count). The van der Waals surface area contributed by atoms with Gasteiger partial charge in [-0.1, -0.05) is 81.4 Å². The van der Waals surface area contributed by atoms with Crippen LogP contribution in [-0.4, -0.2) is 40.5 Å². The molecule has 2 aromatic carbocycles. The van der Waals surface area contributed by atoms with Crippen molar-refractivity contribution in [2.75, 3.05) is 12.3 Å². The van der Waals surface area contributed by atoms with E-state index in [1.165, 1.54) is 16.7 Å². The van der Waals surface area contributed by atoms with Crippen LogP contribution in [0.5, 0.6) is 0 Å². The standard InChI is InChI=1S/C26H31N5O2Si/c1-26(2,3)34(20-10-6-4-7-11-20,21-12-8-5-9-13-21)32-16-19-14-15-22(33-19)31-18-30-23-24(27)28-17-29-25(23)31/h4-13,17-19,22H,14-16H2,1-3H3,(H2,27,28,29)/t19-,22-/m1/s1. The summed E-state index contributed by atoms with van der Waals surface area (Å²) >= 11 is 0. The van der Waals surface area contributed by atoms with Crippen LogP contribution in [0.3, 0.4) is 0 Å². The summed E-state index contributed by atoms with van der Waals surface area (Å²) in [4.78, 5) is 12.8. The Morgan fingerprint density at radius 2 is 1.62 bits per heavy atom. The molecule has 4 aromatic rings. The third kappa shape index (κ3) is 3.91. The molecule has 176 valence electrons. The normalized spacial score (nSPS) is 19.0. The molecule has 0 saturated carbocycles. The van der Waals surface area contributed by atoms with Gasteiger partial charge in [-0.3, -0.25) is 4.57 Å². The number of aromatic nitrogens is 4. The van der Waals surface area contributed by atoms with Gasteiger partial charge in [-0.15, -0.1) is 0 Å². The average molecular weight is 474 g/mol.